The summed E-state index contributed by atoms with van der Waals surface area (Å²) in [6.07, 6.45) is 0. The predicted octanol–water partition coefficient (Wildman–Crippen LogP) is 0.702. The zero-order valence-corrected chi connectivity index (χ0v) is 10.8. The van der Waals surface area contributed by atoms with Crippen LogP contribution in [0.2, 0.25) is 0 Å². The lowest BCUT2D eigenvalue weighted by molar-refractivity contribution is -0.386. The zero-order chi connectivity index (χ0) is 14.1. The quantitative estimate of drug-likeness (QED) is 0.390. The maximum absolute atomic E-state index is 11.0. The molecule has 106 valence electrons. The summed E-state index contributed by atoms with van der Waals surface area (Å²) in [7, 11) is 1.77. The normalized spacial score (nSPS) is 10.4. The van der Waals surface area contributed by atoms with Gasteiger partial charge < -0.3 is 19.9 Å². The SMILES string of the molecule is CNCc1ccc(OCCOCCO)c([N+](=O)[O-])c1. The van der Waals surface area contributed by atoms with Crippen molar-refractivity contribution in [2.45, 2.75) is 6.54 Å². The highest BCUT2D eigenvalue weighted by atomic mass is 16.6. The molecule has 0 aromatic heterocycles. The molecule has 0 saturated carbocycles. The van der Waals surface area contributed by atoms with Gasteiger partial charge in [0.15, 0.2) is 5.75 Å². The number of nitrogens with one attached hydrogen (secondary N) is 1. The second-order valence-electron chi connectivity index (χ2n) is 3.77. The number of aliphatic hydroxyl groups is 1. The van der Waals surface area contributed by atoms with Gasteiger partial charge in [0.25, 0.3) is 0 Å². The number of nitrogens with zero attached hydrogens (tertiary/aromatic N) is 1. The van der Waals surface area contributed by atoms with Crippen molar-refractivity contribution in [1.29, 1.82) is 0 Å². The Morgan fingerprint density at radius 3 is 2.79 bits per heavy atom. The standard InChI is InChI=1S/C12H18N2O5/c1-13-9-10-2-3-12(11(8-10)14(16)17)19-7-6-18-5-4-15/h2-3,8,13,15H,4-7,9H2,1H3. The Balaban J connectivity index is 2.63. The van der Waals surface area contributed by atoms with Crippen LogP contribution in [-0.4, -0.2) is 43.5 Å². The molecule has 0 radical (unpaired) electrons. The van der Waals surface area contributed by atoms with Crippen LogP contribution in [0.1, 0.15) is 5.56 Å². The average molecular weight is 270 g/mol. The van der Waals surface area contributed by atoms with Crippen LogP contribution in [0, 0.1) is 10.1 Å². The number of hydrogen-bond acceptors (Lipinski definition) is 6. The van der Waals surface area contributed by atoms with Crippen molar-refractivity contribution < 1.29 is 19.5 Å². The van der Waals surface area contributed by atoms with Gasteiger partial charge in [-0.25, -0.2) is 0 Å². The van der Waals surface area contributed by atoms with Gasteiger partial charge >= 0.3 is 5.69 Å². The first kappa shape index (κ1) is 15.4. The van der Waals surface area contributed by atoms with Gasteiger partial charge in [0, 0.05) is 12.6 Å². The van der Waals surface area contributed by atoms with Crippen molar-refractivity contribution >= 4 is 5.69 Å². The number of benzene rings is 1. The fourth-order valence-electron chi connectivity index (χ4n) is 1.52. The highest BCUT2D eigenvalue weighted by molar-refractivity contribution is 5.48. The molecule has 0 spiro atoms. The Kier molecular flexibility index (Phi) is 6.80. The van der Waals surface area contributed by atoms with E-state index in [4.69, 9.17) is 14.6 Å². The third kappa shape index (κ3) is 5.21. The van der Waals surface area contributed by atoms with E-state index in [0.29, 0.717) is 6.54 Å². The molecule has 0 aliphatic heterocycles. The molecule has 1 aromatic carbocycles. The van der Waals surface area contributed by atoms with Crippen LogP contribution in [-0.2, 0) is 11.3 Å². The van der Waals surface area contributed by atoms with Gasteiger partial charge in [-0.05, 0) is 18.7 Å². The fourth-order valence-corrected chi connectivity index (χ4v) is 1.52. The van der Waals surface area contributed by atoms with Crippen LogP contribution in [0.25, 0.3) is 0 Å². The molecular formula is C12H18N2O5. The minimum absolute atomic E-state index is 0.0567. The maximum atomic E-state index is 11.0. The summed E-state index contributed by atoms with van der Waals surface area (Å²) in [4.78, 5) is 10.5. The smallest absolute Gasteiger partial charge is 0.311 e. The van der Waals surface area contributed by atoms with Gasteiger partial charge in [0.2, 0.25) is 0 Å². The first-order valence-corrected chi connectivity index (χ1v) is 5.92. The summed E-state index contributed by atoms with van der Waals surface area (Å²) in [5.74, 6) is 0.220. The van der Waals surface area contributed by atoms with Crippen molar-refractivity contribution in [3.63, 3.8) is 0 Å². The summed E-state index contributed by atoms with van der Waals surface area (Å²) in [6, 6.07) is 4.84. The van der Waals surface area contributed by atoms with E-state index in [9.17, 15) is 10.1 Å². The summed E-state index contributed by atoms with van der Waals surface area (Å²) in [5.41, 5.74) is 0.757. The molecule has 0 aliphatic carbocycles. The Hall–Kier alpha value is -1.70. The molecule has 1 aromatic rings. The van der Waals surface area contributed by atoms with Gasteiger partial charge in [0.1, 0.15) is 6.61 Å². The van der Waals surface area contributed by atoms with E-state index in [-0.39, 0.29) is 37.9 Å². The van der Waals surface area contributed by atoms with E-state index >= 15 is 0 Å². The molecule has 0 fully saturated rings. The first-order valence-electron chi connectivity index (χ1n) is 5.92. The molecule has 2 N–H and O–H groups in total. The van der Waals surface area contributed by atoms with Crippen LogP contribution < -0.4 is 10.1 Å². The first-order chi connectivity index (χ1) is 9.19. The molecule has 7 nitrogen and oxygen atoms in total. The monoisotopic (exact) mass is 270 g/mol. The molecule has 19 heavy (non-hydrogen) atoms. The molecule has 0 unspecified atom stereocenters. The van der Waals surface area contributed by atoms with E-state index < -0.39 is 4.92 Å². The lowest BCUT2D eigenvalue weighted by atomic mass is 10.2. The third-order valence-electron chi connectivity index (χ3n) is 2.32. The molecule has 1 rings (SSSR count). The van der Waals surface area contributed by atoms with Crippen molar-refractivity contribution in [1.82, 2.24) is 5.32 Å². The molecule has 0 bridgehead atoms. The summed E-state index contributed by atoms with van der Waals surface area (Å²) >= 11 is 0. The lowest BCUT2D eigenvalue weighted by Gasteiger charge is -2.08. The van der Waals surface area contributed by atoms with Crippen molar-refractivity contribution in [2.75, 3.05) is 33.5 Å². The van der Waals surface area contributed by atoms with E-state index in [1.807, 2.05) is 0 Å². The van der Waals surface area contributed by atoms with Crippen LogP contribution in [0.4, 0.5) is 5.69 Å². The minimum atomic E-state index is -0.469. The highest BCUT2D eigenvalue weighted by Gasteiger charge is 2.15. The van der Waals surface area contributed by atoms with Gasteiger partial charge in [0.05, 0.1) is 24.7 Å². The molecule has 0 heterocycles. The zero-order valence-electron chi connectivity index (χ0n) is 10.8. The second kappa shape index (κ2) is 8.41. The van der Waals surface area contributed by atoms with Gasteiger partial charge in [-0.15, -0.1) is 0 Å². The van der Waals surface area contributed by atoms with Crippen molar-refractivity contribution in [2.24, 2.45) is 0 Å². The van der Waals surface area contributed by atoms with Crippen LogP contribution in [0.5, 0.6) is 5.75 Å². The minimum Gasteiger partial charge on any atom is -0.484 e. The Morgan fingerprint density at radius 1 is 1.37 bits per heavy atom. The largest absolute Gasteiger partial charge is 0.484 e. The summed E-state index contributed by atoms with van der Waals surface area (Å²) in [5, 5.41) is 22.4. The van der Waals surface area contributed by atoms with Gasteiger partial charge in [-0.3, -0.25) is 10.1 Å². The van der Waals surface area contributed by atoms with Crippen LogP contribution in [0.15, 0.2) is 18.2 Å². The molecule has 0 atom stereocenters. The van der Waals surface area contributed by atoms with E-state index in [2.05, 4.69) is 5.32 Å². The van der Waals surface area contributed by atoms with Crippen molar-refractivity contribution in [3.05, 3.63) is 33.9 Å². The van der Waals surface area contributed by atoms with E-state index in [1.165, 1.54) is 6.07 Å². The summed E-state index contributed by atoms with van der Waals surface area (Å²) in [6.45, 7) is 1.20. The Labute approximate surface area is 111 Å². The topological polar surface area (TPSA) is 93.9 Å². The number of aliphatic hydroxyl groups excluding tert-OH is 1. The predicted molar refractivity (Wildman–Crippen MR) is 69.3 cm³/mol. The number of hydrogen-bond donors (Lipinski definition) is 2. The Bertz CT molecular complexity index is 411. The average Bonchev–Trinajstić information content (AvgIpc) is 2.40. The fraction of sp³-hybridized carbons (Fsp3) is 0.500. The Morgan fingerprint density at radius 2 is 2.16 bits per heavy atom. The molecular weight excluding hydrogens is 252 g/mol. The number of nitro benzene ring substituents is 1. The molecule has 0 saturated heterocycles. The third-order valence-corrected chi connectivity index (χ3v) is 2.32. The number of nitro groups is 1. The lowest BCUT2D eigenvalue weighted by Crippen LogP contribution is -2.10. The maximum Gasteiger partial charge on any atom is 0.311 e. The number of ether oxygens (including phenoxy) is 2. The van der Waals surface area contributed by atoms with Crippen LogP contribution in [0.3, 0.4) is 0 Å². The second-order valence-corrected chi connectivity index (χ2v) is 3.77. The summed E-state index contributed by atoms with van der Waals surface area (Å²) < 4.78 is 10.3. The molecule has 7 heteroatoms. The van der Waals surface area contributed by atoms with E-state index in [1.54, 1.807) is 19.2 Å². The highest BCUT2D eigenvalue weighted by Crippen LogP contribution is 2.27. The van der Waals surface area contributed by atoms with Gasteiger partial charge in [-0.1, -0.05) is 6.07 Å². The van der Waals surface area contributed by atoms with Crippen molar-refractivity contribution in [3.8, 4) is 5.75 Å². The van der Waals surface area contributed by atoms with E-state index in [0.717, 1.165) is 5.56 Å². The molecule has 0 aliphatic rings. The number of rotatable bonds is 9. The van der Waals surface area contributed by atoms with Gasteiger partial charge in [-0.2, -0.15) is 0 Å². The van der Waals surface area contributed by atoms with Crippen LogP contribution >= 0.6 is 0 Å². The molecule has 0 amide bonds.